The van der Waals surface area contributed by atoms with Gasteiger partial charge in [-0.15, -0.1) is 20.4 Å². The normalized spacial score (nSPS) is 10.9. The largest absolute Gasteiger partial charge is 0.374 e. The Hall–Kier alpha value is -1.36. The Labute approximate surface area is 143 Å². The number of thioether (sulfide) groups is 2. The summed E-state index contributed by atoms with van der Waals surface area (Å²) in [6.07, 6.45) is 0. The molecule has 0 atom stereocenters. The van der Waals surface area contributed by atoms with Crippen molar-refractivity contribution in [1.29, 1.82) is 0 Å². The highest BCUT2D eigenvalue weighted by Gasteiger charge is 2.08. The van der Waals surface area contributed by atoms with Gasteiger partial charge in [0.15, 0.2) is 8.68 Å². The lowest BCUT2D eigenvalue weighted by atomic mass is 10.1. The number of nitrogens with zero attached hydrogens (tertiary/aromatic N) is 4. The number of hydrogen-bond donors (Lipinski definition) is 2. The van der Waals surface area contributed by atoms with E-state index in [0.717, 1.165) is 20.2 Å². The maximum atomic E-state index is 5.60. The van der Waals surface area contributed by atoms with E-state index in [-0.39, 0.29) is 0 Å². The highest BCUT2D eigenvalue weighted by molar-refractivity contribution is 8.00. The van der Waals surface area contributed by atoms with Gasteiger partial charge in [0.1, 0.15) is 0 Å². The summed E-state index contributed by atoms with van der Waals surface area (Å²) in [5.41, 5.74) is 13.7. The van der Waals surface area contributed by atoms with Gasteiger partial charge in [-0.1, -0.05) is 70.5 Å². The molecule has 1 aromatic carbocycles. The van der Waals surface area contributed by atoms with Crippen LogP contribution >= 0.6 is 46.2 Å². The molecule has 2 heterocycles. The molecule has 0 aliphatic heterocycles. The van der Waals surface area contributed by atoms with Gasteiger partial charge in [-0.25, -0.2) is 0 Å². The van der Waals surface area contributed by atoms with E-state index in [4.69, 9.17) is 11.5 Å². The molecule has 3 rings (SSSR count). The van der Waals surface area contributed by atoms with Crippen molar-refractivity contribution in [1.82, 2.24) is 20.4 Å². The van der Waals surface area contributed by atoms with E-state index in [0.29, 0.717) is 10.3 Å². The van der Waals surface area contributed by atoms with Crippen LogP contribution in [0.25, 0.3) is 0 Å². The molecule has 6 nitrogen and oxygen atoms in total. The van der Waals surface area contributed by atoms with Crippen LogP contribution in [0.3, 0.4) is 0 Å². The summed E-state index contributed by atoms with van der Waals surface area (Å²) < 4.78 is 1.77. The number of aromatic nitrogens is 4. The number of rotatable bonds is 6. The van der Waals surface area contributed by atoms with E-state index in [1.54, 1.807) is 23.5 Å². The fraction of sp³-hybridized carbons (Fsp3) is 0.167. The van der Waals surface area contributed by atoms with Crippen LogP contribution in [0.4, 0.5) is 10.3 Å². The summed E-state index contributed by atoms with van der Waals surface area (Å²) >= 11 is 6.11. The van der Waals surface area contributed by atoms with Crippen LogP contribution in [0.15, 0.2) is 32.9 Å². The molecule has 0 radical (unpaired) electrons. The lowest BCUT2D eigenvalue weighted by Gasteiger charge is -2.07. The van der Waals surface area contributed by atoms with Gasteiger partial charge in [0, 0.05) is 11.5 Å². The number of nitrogen functional groups attached to an aromatic ring is 2. The minimum Gasteiger partial charge on any atom is -0.374 e. The van der Waals surface area contributed by atoms with E-state index < -0.39 is 0 Å². The molecule has 0 unspecified atom stereocenters. The van der Waals surface area contributed by atoms with Crippen LogP contribution in [0.5, 0.6) is 0 Å². The quantitative estimate of drug-likeness (QED) is 0.640. The molecule has 22 heavy (non-hydrogen) atoms. The Bertz CT molecular complexity index is 692. The SMILES string of the molecule is Nc1nnc(SCc2ccccc2CSc2nnc(N)s2)s1. The Kier molecular flexibility index (Phi) is 5.13. The van der Waals surface area contributed by atoms with Gasteiger partial charge < -0.3 is 11.5 Å². The number of anilines is 2. The zero-order chi connectivity index (χ0) is 15.4. The van der Waals surface area contributed by atoms with Crippen molar-refractivity contribution in [2.45, 2.75) is 20.2 Å². The summed E-state index contributed by atoms with van der Waals surface area (Å²) in [7, 11) is 0. The first kappa shape index (κ1) is 15.5. The van der Waals surface area contributed by atoms with Gasteiger partial charge in [0.2, 0.25) is 10.3 Å². The monoisotopic (exact) mass is 368 g/mol. The van der Waals surface area contributed by atoms with Gasteiger partial charge >= 0.3 is 0 Å². The molecule has 114 valence electrons. The molecule has 0 saturated carbocycles. The molecule has 0 amide bonds. The van der Waals surface area contributed by atoms with E-state index in [2.05, 4.69) is 32.5 Å². The van der Waals surface area contributed by atoms with Crippen LogP contribution in [-0.2, 0) is 11.5 Å². The van der Waals surface area contributed by atoms with Crippen LogP contribution < -0.4 is 11.5 Å². The summed E-state index contributed by atoms with van der Waals surface area (Å²) in [6, 6.07) is 8.34. The van der Waals surface area contributed by atoms with E-state index in [9.17, 15) is 0 Å². The Morgan fingerprint density at radius 2 is 1.23 bits per heavy atom. The van der Waals surface area contributed by atoms with Crippen LogP contribution in [0.2, 0.25) is 0 Å². The van der Waals surface area contributed by atoms with Crippen molar-refractivity contribution in [3.8, 4) is 0 Å². The molecule has 10 heteroatoms. The first-order valence-electron chi connectivity index (χ1n) is 6.21. The van der Waals surface area contributed by atoms with Gasteiger partial charge in [0.25, 0.3) is 0 Å². The summed E-state index contributed by atoms with van der Waals surface area (Å²) in [5.74, 6) is 1.67. The highest BCUT2D eigenvalue weighted by Crippen LogP contribution is 2.31. The molecule has 0 aliphatic carbocycles. The lowest BCUT2D eigenvalue weighted by Crippen LogP contribution is -1.90. The molecule has 2 aromatic heterocycles. The molecular formula is C12H12N6S4. The summed E-state index contributed by atoms with van der Waals surface area (Å²) in [6.45, 7) is 0. The number of hydrogen-bond acceptors (Lipinski definition) is 10. The molecule has 0 aliphatic rings. The maximum Gasteiger partial charge on any atom is 0.203 e. The van der Waals surface area contributed by atoms with Crippen LogP contribution in [0.1, 0.15) is 11.1 Å². The zero-order valence-corrected chi connectivity index (χ0v) is 14.6. The third-order valence-electron chi connectivity index (χ3n) is 2.66. The molecule has 3 aromatic rings. The molecular weight excluding hydrogens is 356 g/mol. The first-order chi connectivity index (χ1) is 10.7. The molecule has 0 saturated heterocycles. The molecule has 0 fully saturated rings. The second kappa shape index (κ2) is 7.27. The van der Waals surface area contributed by atoms with Gasteiger partial charge in [-0.05, 0) is 11.1 Å². The van der Waals surface area contributed by atoms with Crippen molar-refractivity contribution in [2.75, 3.05) is 11.5 Å². The minimum absolute atomic E-state index is 0.500. The Balaban J connectivity index is 1.64. The van der Waals surface area contributed by atoms with Gasteiger partial charge in [-0.3, -0.25) is 0 Å². The Morgan fingerprint density at radius 3 is 1.59 bits per heavy atom. The zero-order valence-electron chi connectivity index (χ0n) is 11.3. The lowest BCUT2D eigenvalue weighted by molar-refractivity contribution is 1.01. The third-order valence-corrected chi connectivity index (χ3v) is 6.53. The minimum atomic E-state index is 0.500. The molecule has 0 spiro atoms. The smallest absolute Gasteiger partial charge is 0.203 e. The maximum absolute atomic E-state index is 5.60. The summed E-state index contributed by atoms with van der Waals surface area (Å²) in [4.78, 5) is 0. The standard InChI is InChI=1S/C12H12N6S4/c13-9-15-17-11(21-9)19-5-7-3-1-2-4-8(7)6-20-12-18-16-10(14)22-12/h1-4H,5-6H2,(H2,13,15)(H2,14,16). The topological polar surface area (TPSA) is 104 Å². The predicted molar refractivity (Wildman–Crippen MR) is 94.2 cm³/mol. The van der Waals surface area contributed by atoms with Crippen molar-refractivity contribution in [3.05, 3.63) is 35.4 Å². The number of nitrogens with two attached hydrogens (primary N) is 2. The Morgan fingerprint density at radius 1 is 0.773 bits per heavy atom. The van der Waals surface area contributed by atoms with Gasteiger partial charge in [0.05, 0.1) is 0 Å². The molecule has 4 N–H and O–H groups in total. The second-order valence-corrected chi connectivity index (χ2v) is 8.62. The fourth-order valence-electron chi connectivity index (χ4n) is 1.68. The third kappa shape index (κ3) is 4.09. The summed E-state index contributed by atoms with van der Waals surface area (Å²) in [5, 5.41) is 16.7. The van der Waals surface area contributed by atoms with Crippen molar-refractivity contribution < 1.29 is 0 Å². The van der Waals surface area contributed by atoms with Crippen molar-refractivity contribution in [2.24, 2.45) is 0 Å². The van der Waals surface area contributed by atoms with Crippen LogP contribution in [0, 0.1) is 0 Å². The van der Waals surface area contributed by atoms with Crippen molar-refractivity contribution >= 4 is 56.5 Å². The van der Waals surface area contributed by atoms with Gasteiger partial charge in [-0.2, -0.15) is 0 Å². The van der Waals surface area contributed by atoms with E-state index in [1.165, 1.54) is 33.8 Å². The van der Waals surface area contributed by atoms with Crippen LogP contribution in [-0.4, -0.2) is 20.4 Å². The number of benzene rings is 1. The van der Waals surface area contributed by atoms with E-state index >= 15 is 0 Å². The molecule has 0 bridgehead atoms. The average Bonchev–Trinajstić information content (AvgIpc) is 3.12. The fourth-order valence-corrected chi connectivity index (χ4v) is 5.02. The second-order valence-electron chi connectivity index (χ2n) is 4.16. The van der Waals surface area contributed by atoms with E-state index in [1.807, 2.05) is 12.1 Å². The average molecular weight is 369 g/mol. The predicted octanol–water partition coefficient (Wildman–Crippen LogP) is 3.14. The van der Waals surface area contributed by atoms with Crippen molar-refractivity contribution in [3.63, 3.8) is 0 Å². The first-order valence-corrected chi connectivity index (χ1v) is 9.81. The highest BCUT2D eigenvalue weighted by atomic mass is 32.2.